The number of hydrogen-bond donors (Lipinski definition) is 2. The van der Waals surface area contributed by atoms with Gasteiger partial charge in [0.2, 0.25) is 5.95 Å². The van der Waals surface area contributed by atoms with E-state index in [1.165, 1.54) is 17.7 Å². The second-order valence-electron chi connectivity index (χ2n) is 7.79. The number of aromatic amines is 1. The first-order chi connectivity index (χ1) is 15.4. The summed E-state index contributed by atoms with van der Waals surface area (Å²) in [5.41, 5.74) is 3.57. The van der Waals surface area contributed by atoms with Crippen LogP contribution in [0.5, 0.6) is 0 Å². The maximum absolute atomic E-state index is 12.7. The van der Waals surface area contributed by atoms with Crippen LogP contribution < -0.4 is 10.9 Å². The van der Waals surface area contributed by atoms with E-state index in [1.807, 2.05) is 24.3 Å². The lowest BCUT2D eigenvalue weighted by Gasteiger charge is -2.28. The molecule has 2 N–H and O–H groups in total. The number of nitrogens with one attached hydrogen (secondary N) is 2. The molecule has 0 saturated carbocycles. The fourth-order valence-corrected chi connectivity index (χ4v) is 3.87. The molecule has 11 heteroatoms. The second kappa shape index (κ2) is 7.38. The van der Waals surface area contributed by atoms with Crippen LogP contribution in [0.1, 0.15) is 42.5 Å². The summed E-state index contributed by atoms with van der Waals surface area (Å²) in [7, 11) is 0. The highest BCUT2D eigenvalue weighted by Crippen LogP contribution is 2.41. The molecule has 0 bridgehead atoms. The van der Waals surface area contributed by atoms with Crippen LogP contribution >= 0.6 is 0 Å². The molecular formula is C21H18N8O3. The van der Waals surface area contributed by atoms with Crippen LogP contribution in [-0.2, 0) is 0 Å². The third-order valence-electron chi connectivity index (χ3n) is 5.54. The smallest absolute Gasteiger partial charge is 0.288 e. The number of tetrazole rings is 1. The minimum absolute atomic E-state index is 0.0336. The van der Waals surface area contributed by atoms with Gasteiger partial charge in [-0.25, -0.2) is 5.10 Å². The molecule has 32 heavy (non-hydrogen) atoms. The lowest BCUT2D eigenvalue weighted by molar-refractivity contribution is -0.384. The zero-order valence-electron chi connectivity index (χ0n) is 17.2. The number of nitro groups is 1. The van der Waals surface area contributed by atoms with Gasteiger partial charge in [0.05, 0.1) is 10.6 Å². The van der Waals surface area contributed by atoms with Gasteiger partial charge in [0.25, 0.3) is 11.2 Å². The normalized spacial score (nSPS) is 14.5. The third kappa shape index (κ3) is 3.11. The van der Waals surface area contributed by atoms with E-state index in [2.05, 4.69) is 44.9 Å². The summed E-state index contributed by atoms with van der Waals surface area (Å²) in [6, 6.07) is 13.6. The van der Waals surface area contributed by atoms with Crippen molar-refractivity contribution in [2.45, 2.75) is 25.8 Å². The minimum atomic E-state index is -0.516. The van der Waals surface area contributed by atoms with Gasteiger partial charge in [-0.3, -0.25) is 14.9 Å². The number of hydrogen-bond acceptors (Lipinski definition) is 8. The predicted molar refractivity (Wildman–Crippen MR) is 116 cm³/mol. The van der Waals surface area contributed by atoms with Crippen molar-refractivity contribution in [2.75, 3.05) is 5.32 Å². The molecule has 0 aliphatic carbocycles. The number of H-pyrrole nitrogens is 1. The molecule has 0 unspecified atom stereocenters. The van der Waals surface area contributed by atoms with Crippen LogP contribution in [0.4, 0.5) is 17.3 Å². The van der Waals surface area contributed by atoms with Gasteiger partial charge >= 0.3 is 0 Å². The predicted octanol–water partition coefficient (Wildman–Crippen LogP) is 3.15. The second-order valence-corrected chi connectivity index (χ2v) is 7.79. The van der Waals surface area contributed by atoms with Gasteiger partial charge in [0, 0.05) is 23.3 Å². The number of nitrogens with zero attached hydrogens (tertiary/aromatic N) is 6. The van der Waals surface area contributed by atoms with Crippen LogP contribution in [0.15, 0.2) is 53.3 Å². The van der Waals surface area contributed by atoms with E-state index >= 15 is 0 Å². The Hall–Kier alpha value is -4.41. The van der Waals surface area contributed by atoms with Crippen LogP contribution in [0, 0.1) is 10.1 Å². The summed E-state index contributed by atoms with van der Waals surface area (Å²) < 4.78 is 1.60. The van der Waals surface area contributed by atoms with E-state index < -0.39 is 16.5 Å². The van der Waals surface area contributed by atoms with E-state index in [9.17, 15) is 14.9 Å². The first-order valence-electron chi connectivity index (χ1n) is 9.96. The molecule has 5 rings (SSSR count). The Labute approximate surface area is 181 Å². The van der Waals surface area contributed by atoms with Crippen molar-refractivity contribution < 1.29 is 4.92 Å². The van der Waals surface area contributed by atoms with Crippen molar-refractivity contribution in [1.29, 1.82) is 0 Å². The highest BCUT2D eigenvalue weighted by molar-refractivity contribution is 5.75. The number of aromatic nitrogens is 6. The number of non-ortho nitro benzene ring substituents is 1. The molecule has 1 atom stereocenters. The summed E-state index contributed by atoms with van der Waals surface area (Å²) in [6.07, 6.45) is 0. The average molecular weight is 430 g/mol. The Kier molecular flexibility index (Phi) is 4.51. The van der Waals surface area contributed by atoms with Crippen molar-refractivity contribution in [2.24, 2.45) is 0 Å². The van der Waals surface area contributed by atoms with Crippen molar-refractivity contribution >= 4 is 17.3 Å². The van der Waals surface area contributed by atoms with Crippen LogP contribution in [0.3, 0.4) is 0 Å². The van der Waals surface area contributed by atoms with Crippen molar-refractivity contribution in [3.05, 3.63) is 85.7 Å². The van der Waals surface area contributed by atoms with E-state index in [-0.39, 0.29) is 11.4 Å². The molecule has 0 radical (unpaired) electrons. The van der Waals surface area contributed by atoms with Crippen LogP contribution in [0.2, 0.25) is 0 Å². The first-order valence-corrected chi connectivity index (χ1v) is 9.96. The minimum Gasteiger partial charge on any atom is -0.318 e. The highest BCUT2D eigenvalue weighted by atomic mass is 16.6. The standard InChI is InChI=1S/C21H18N8O3/c1-11(2)12-3-5-14(6-4-12)19-16-17(13-7-9-15(10-8-13)29(31)32)23-24-20(30)18(16)22-21-25-26-27-28(19)21/h3-11,19H,1-2H3,(H,24,30)(H,22,25,27)/t19-/m0/s1. The van der Waals surface area contributed by atoms with Crippen LogP contribution in [0.25, 0.3) is 11.3 Å². The molecule has 0 saturated heterocycles. The largest absolute Gasteiger partial charge is 0.318 e. The SMILES string of the molecule is CC(C)c1ccc([C@H]2c3c(-c4ccc([N+](=O)[O-])cc4)n[nH]c(=O)c3Nc3nnnn32)cc1. The maximum atomic E-state index is 12.7. The van der Waals surface area contributed by atoms with E-state index in [0.717, 1.165) is 5.56 Å². The molecule has 160 valence electrons. The summed E-state index contributed by atoms with van der Waals surface area (Å²) in [4.78, 5) is 23.3. The van der Waals surface area contributed by atoms with Gasteiger partial charge in [-0.1, -0.05) is 43.2 Å². The summed E-state index contributed by atoms with van der Waals surface area (Å²) in [6.45, 7) is 4.23. The average Bonchev–Trinajstić information content (AvgIpc) is 3.27. The Balaban J connectivity index is 1.73. The Morgan fingerprint density at radius 1 is 1.09 bits per heavy atom. The van der Waals surface area contributed by atoms with Crippen molar-refractivity contribution in [3.63, 3.8) is 0 Å². The zero-order valence-corrected chi connectivity index (χ0v) is 17.2. The Bertz CT molecular complexity index is 1370. The maximum Gasteiger partial charge on any atom is 0.288 e. The van der Waals surface area contributed by atoms with Crippen molar-refractivity contribution in [1.82, 2.24) is 30.4 Å². The number of anilines is 2. The van der Waals surface area contributed by atoms with E-state index in [1.54, 1.807) is 16.8 Å². The first kappa shape index (κ1) is 19.5. The molecule has 2 aromatic carbocycles. The lowest BCUT2D eigenvalue weighted by atomic mass is 9.91. The molecule has 11 nitrogen and oxygen atoms in total. The molecule has 0 fully saturated rings. The number of fused-ring (bicyclic) bond motifs is 2. The van der Waals surface area contributed by atoms with E-state index in [0.29, 0.717) is 28.7 Å². The van der Waals surface area contributed by atoms with Crippen molar-refractivity contribution in [3.8, 4) is 11.3 Å². The molecular weight excluding hydrogens is 412 g/mol. The molecule has 1 aliphatic heterocycles. The molecule has 0 spiro atoms. The molecule has 4 aromatic rings. The lowest BCUT2D eigenvalue weighted by Crippen LogP contribution is -2.29. The molecule has 1 aliphatic rings. The van der Waals surface area contributed by atoms with Gasteiger partial charge in [0.15, 0.2) is 0 Å². The summed E-state index contributed by atoms with van der Waals surface area (Å²) in [5.74, 6) is 0.704. The number of nitro benzene ring substituents is 1. The summed E-state index contributed by atoms with van der Waals surface area (Å²) in [5, 5.41) is 32.7. The highest BCUT2D eigenvalue weighted by Gasteiger charge is 2.34. The molecule has 0 amide bonds. The summed E-state index contributed by atoms with van der Waals surface area (Å²) >= 11 is 0. The van der Waals surface area contributed by atoms with Gasteiger partial charge in [0.1, 0.15) is 11.7 Å². The zero-order chi connectivity index (χ0) is 22.4. The van der Waals surface area contributed by atoms with Crippen LogP contribution in [-0.4, -0.2) is 35.3 Å². The van der Waals surface area contributed by atoms with Gasteiger partial charge in [-0.15, -0.1) is 0 Å². The number of rotatable bonds is 4. The van der Waals surface area contributed by atoms with Gasteiger partial charge < -0.3 is 5.32 Å². The van der Waals surface area contributed by atoms with Gasteiger partial charge in [-0.05, 0) is 39.6 Å². The fraction of sp³-hybridized carbons (Fsp3) is 0.190. The molecule has 3 heterocycles. The van der Waals surface area contributed by atoms with Gasteiger partial charge in [-0.2, -0.15) is 9.78 Å². The Morgan fingerprint density at radius 2 is 1.81 bits per heavy atom. The fourth-order valence-electron chi connectivity index (χ4n) is 3.87. The molecule has 2 aromatic heterocycles. The van der Waals surface area contributed by atoms with E-state index in [4.69, 9.17) is 0 Å². The third-order valence-corrected chi connectivity index (χ3v) is 5.54. The Morgan fingerprint density at radius 3 is 2.47 bits per heavy atom. The monoisotopic (exact) mass is 430 g/mol. The quantitative estimate of drug-likeness (QED) is 0.327. The topological polar surface area (TPSA) is 145 Å². The number of benzene rings is 2.